The molecule has 1 aliphatic rings. The van der Waals surface area contributed by atoms with E-state index in [-0.39, 0.29) is 11.7 Å². The Morgan fingerprint density at radius 1 is 1.12 bits per heavy atom. The monoisotopic (exact) mass is 335 g/mol. The lowest BCUT2D eigenvalue weighted by Crippen LogP contribution is -2.34. The second-order valence-corrected chi connectivity index (χ2v) is 6.35. The Balaban J connectivity index is 1.52. The van der Waals surface area contributed by atoms with Crippen LogP contribution in [-0.4, -0.2) is 23.9 Å². The molecule has 0 saturated carbocycles. The van der Waals surface area contributed by atoms with Crippen LogP contribution >= 0.6 is 0 Å². The van der Waals surface area contributed by atoms with Crippen LogP contribution in [0.4, 0.5) is 4.39 Å². The summed E-state index contributed by atoms with van der Waals surface area (Å²) in [7, 11) is 0. The van der Waals surface area contributed by atoms with Crippen LogP contribution in [0, 0.1) is 12.7 Å². The van der Waals surface area contributed by atoms with Gasteiger partial charge in [-0.2, -0.15) is 0 Å². The van der Waals surface area contributed by atoms with Crippen molar-refractivity contribution in [1.29, 1.82) is 0 Å². The first-order valence-corrected chi connectivity index (χ1v) is 8.34. The molecule has 1 aliphatic heterocycles. The molecule has 126 valence electrons. The fourth-order valence-electron chi connectivity index (χ4n) is 3.27. The molecule has 3 aromatic rings. The average molecular weight is 335 g/mol. The summed E-state index contributed by atoms with van der Waals surface area (Å²) in [5.41, 5.74) is 3.65. The van der Waals surface area contributed by atoms with Crippen molar-refractivity contribution in [1.82, 2.24) is 4.90 Å². The molecule has 0 N–H and O–H groups in total. The van der Waals surface area contributed by atoms with E-state index in [9.17, 15) is 9.18 Å². The van der Waals surface area contributed by atoms with Crippen molar-refractivity contribution < 1.29 is 13.6 Å². The van der Waals surface area contributed by atoms with Gasteiger partial charge in [0.2, 0.25) is 0 Å². The highest BCUT2D eigenvalue weighted by atomic mass is 19.1. The van der Waals surface area contributed by atoms with Crippen LogP contribution in [0.25, 0.3) is 16.5 Å². The number of fused-ring (bicyclic) bond motifs is 1. The molecule has 25 heavy (non-hydrogen) atoms. The zero-order chi connectivity index (χ0) is 17.4. The van der Waals surface area contributed by atoms with Crippen LogP contribution in [0.15, 0.2) is 59.0 Å². The first-order valence-electron chi connectivity index (χ1n) is 8.34. The molecule has 4 heteroatoms. The Morgan fingerprint density at radius 3 is 2.64 bits per heavy atom. The number of hydrogen-bond acceptors (Lipinski definition) is 2. The van der Waals surface area contributed by atoms with Crippen molar-refractivity contribution in [3.63, 3.8) is 0 Å². The minimum Gasteiger partial charge on any atom is -0.461 e. The van der Waals surface area contributed by atoms with E-state index in [0.29, 0.717) is 18.7 Å². The lowest BCUT2D eigenvalue weighted by molar-refractivity contribution is 0.0773. The zero-order valence-electron chi connectivity index (χ0n) is 14.0. The van der Waals surface area contributed by atoms with Crippen LogP contribution in [-0.2, 0) is 0 Å². The summed E-state index contributed by atoms with van der Waals surface area (Å²) in [6, 6.07) is 14.0. The molecule has 0 radical (unpaired) electrons. The first-order chi connectivity index (χ1) is 12.1. The third kappa shape index (κ3) is 3.07. The number of rotatable bonds is 2. The Morgan fingerprint density at radius 2 is 1.92 bits per heavy atom. The minimum absolute atomic E-state index is 0.0233. The normalized spacial score (nSPS) is 14.6. The quantitative estimate of drug-likeness (QED) is 0.673. The van der Waals surface area contributed by atoms with Crippen molar-refractivity contribution in [2.24, 2.45) is 0 Å². The lowest BCUT2D eigenvalue weighted by Gasteiger charge is -2.26. The molecule has 4 rings (SSSR count). The van der Waals surface area contributed by atoms with Gasteiger partial charge in [-0.05, 0) is 60.9 Å². The Labute approximate surface area is 145 Å². The number of hydrogen-bond donors (Lipinski definition) is 0. The average Bonchev–Trinajstić information content (AvgIpc) is 3.01. The number of aryl methyl sites for hydroxylation is 1. The Hall–Kier alpha value is -2.88. The third-order valence-corrected chi connectivity index (χ3v) is 4.60. The summed E-state index contributed by atoms with van der Waals surface area (Å²) in [5.74, 6) is 0.626. The fraction of sp³-hybridized carbons (Fsp3) is 0.190. The fourth-order valence-corrected chi connectivity index (χ4v) is 3.27. The third-order valence-electron chi connectivity index (χ3n) is 4.60. The molecule has 0 atom stereocenters. The van der Waals surface area contributed by atoms with Gasteiger partial charge in [0.1, 0.15) is 17.2 Å². The summed E-state index contributed by atoms with van der Waals surface area (Å²) in [6.07, 6.45) is 2.82. The number of furan rings is 1. The van der Waals surface area contributed by atoms with Gasteiger partial charge in [-0.25, -0.2) is 4.39 Å². The van der Waals surface area contributed by atoms with E-state index in [2.05, 4.69) is 6.08 Å². The molecular formula is C21H18FNO2. The topological polar surface area (TPSA) is 33.5 Å². The van der Waals surface area contributed by atoms with Gasteiger partial charge < -0.3 is 9.32 Å². The molecule has 0 unspecified atom stereocenters. The van der Waals surface area contributed by atoms with E-state index in [1.807, 2.05) is 36.1 Å². The molecule has 2 heterocycles. The number of nitrogens with zero attached hydrogens (tertiary/aromatic N) is 1. The van der Waals surface area contributed by atoms with Gasteiger partial charge in [0.25, 0.3) is 5.91 Å². The number of halogens is 1. The summed E-state index contributed by atoms with van der Waals surface area (Å²) in [6.45, 7) is 3.12. The van der Waals surface area contributed by atoms with Crippen molar-refractivity contribution in [2.75, 3.05) is 13.1 Å². The van der Waals surface area contributed by atoms with E-state index in [1.165, 1.54) is 12.1 Å². The van der Waals surface area contributed by atoms with Gasteiger partial charge >= 0.3 is 0 Å². The Bertz CT molecular complexity index is 969. The standard InChI is InChI=1S/C21H18FNO2/c1-14-12-18-13-17(4-7-20(18)25-14)21(24)23-10-8-16(9-11-23)15-2-5-19(22)6-3-15/h2-8,12-13H,9-11H2,1H3. The van der Waals surface area contributed by atoms with Gasteiger partial charge in [0.15, 0.2) is 0 Å². The van der Waals surface area contributed by atoms with Crippen molar-refractivity contribution in [2.45, 2.75) is 13.3 Å². The van der Waals surface area contributed by atoms with Crippen LogP contribution < -0.4 is 0 Å². The minimum atomic E-state index is -0.234. The summed E-state index contributed by atoms with van der Waals surface area (Å²) < 4.78 is 18.6. The molecule has 3 nitrogen and oxygen atoms in total. The van der Waals surface area contributed by atoms with Crippen molar-refractivity contribution in [3.8, 4) is 0 Å². The number of benzene rings is 2. The van der Waals surface area contributed by atoms with E-state index in [1.54, 1.807) is 12.1 Å². The number of carbonyl (C=O) groups is 1. The first kappa shape index (κ1) is 15.6. The molecule has 2 aromatic carbocycles. The van der Waals surface area contributed by atoms with Crippen molar-refractivity contribution >= 4 is 22.4 Å². The van der Waals surface area contributed by atoms with E-state index in [0.717, 1.165) is 34.3 Å². The van der Waals surface area contributed by atoms with Crippen LogP contribution in [0.3, 0.4) is 0 Å². The Kier molecular flexibility index (Phi) is 3.88. The molecule has 0 fully saturated rings. The van der Waals surface area contributed by atoms with E-state index >= 15 is 0 Å². The maximum Gasteiger partial charge on any atom is 0.254 e. The molecule has 0 aliphatic carbocycles. The lowest BCUT2D eigenvalue weighted by atomic mass is 9.99. The second kappa shape index (κ2) is 6.20. The van der Waals surface area contributed by atoms with E-state index in [4.69, 9.17) is 4.42 Å². The van der Waals surface area contributed by atoms with Crippen molar-refractivity contribution in [3.05, 3.63) is 77.3 Å². The molecule has 1 aromatic heterocycles. The molecular weight excluding hydrogens is 317 g/mol. The maximum atomic E-state index is 13.0. The molecule has 0 bridgehead atoms. The second-order valence-electron chi connectivity index (χ2n) is 6.35. The molecule has 1 amide bonds. The number of amides is 1. The highest BCUT2D eigenvalue weighted by Gasteiger charge is 2.20. The highest BCUT2D eigenvalue weighted by Crippen LogP contribution is 2.25. The van der Waals surface area contributed by atoms with Gasteiger partial charge in [0.05, 0.1) is 0 Å². The predicted octanol–water partition coefficient (Wildman–Crippen LogP) is 4.81. The summed E-state index contributed by atoms with van der Waals surface area (Å²) in [5, 5.41) is 0.947. The van der Waals surface area contributed by atoms with Gasteiger partial charge in [0, 0.05) is 24.0 Å². The number of carbonyl (C=O) groups excluding carboxylic acids is 1. The SMILES string of the molecule is Cc1cc2cc(C(=O)N3CC=C(c4ccc(F)cc4)CC3)ccc2o1. The molecule has 0 saturated heterocycles. The summed E-state index contributed by atoms with van der Waals surface area (Å²) >= 11 is 0. The zero-order valence-corrected chi connectivity index (χ0v) is 14.0. The van der Waals surface area contributed by atoms with Gasteiger partial charge in [-0.15, -0.1) is 0 Å². The van der Waals surface area contributed by atoms with Gasteiger partial charge in [-0.3, -0.25) is 4.79 Å². The van der Waals surface area contributed by atoms with Crippen LogP contribution in [0.1, 0.15) is 28.1 Å². The molecule has 0 spiro atoms. The van der Waals surface area contributed by atoms with Crippen LogP contribution in [0.5, 0.6) is 0 Å². The smallest absolute Gasteiger partial charge is 0.254 e. The van der Waals surface area contributed by atoms with E-state index < -0.39 is 0 Å². The van der Waals surface area contributed by atoms with Crippen LogP contribution in [0.2, 0.25) is 0 Å². The summed E-state index contributed by atoms with van der Waals surface area (Å²) in [4.78, 5) is 14.6. The maximum absolute atomic E-state index is 13.0. The predicted molar refractivity (Wildman–Crippen MR) is 95.8 cm³/mol. The highest BCUT2D eigenvalue weighted by molar-refractivity contribution is 5.98. The largest absolute Gasteiger partial charge is 0.461 e. The van der Waals surface area contributed by atoms with Gasteiger partial charge in [-0.1, -0.05) is 18.2 Å².